The first-order valence-corrected chi connectivity index (χ1v) is 6.55. The van der Waals surface area contributed by atoms with Gasteiger partial charge in [-0.25, -0.2) is 9.97 Å². The molecule has 0 unspecified atom stereocenters. The third-order valence-corrected chi connectivity index (χ3v) is 3.72. The summed E-state index contributed by atoms with van der Waals surface area (Å²) in [5, 5.41) is 0. The third-order valence-electron chi connectivity index (χ3n) is 2.75. The van der Waals surface area contributed by atoms with Crippen LogP contribution in [-0.4, -0.2) is 15.0 Å². The van der Waals surface area contributed by atoms with E-state index in [0.29, 0.717) is 11.6 Å². The van der Waals surface area contributed by atoms with Crippen molar-refractivity contribution in [3.63, 3.8) is 0 Å². The number of nitrogen functional groups attached to an aromatic ring is 1. The first kappa shape index (κ1) is 10.5. The summed E-state index contributed by atoms with van der Waals surface area (Å²) < 4.78 is 0. The first-order chi connectivity index (χ1) is 8.24. The highest BCUT2D eigenvalue weighted by Crippen LogP contribution is 2.32. The maximum atomic E-state index is 5.96. The van der Waals surface area contributed by atoms with E-state index in [4.69, 9.17) is 5.73 Å². The molecule has 86 valence electrons. The van der Waals surface area contributed by atoms with E-state index in [1.807, 2.05) is 30.8 Å². The number of hydrogen-bond donors (Lipinski definition) is 1. The van der Waals surface area contributed by atoms with Crippen LogP contribution in [0.4, 0.5) is 5.82 Å². The quantitative estimate of drug-likeness (QED) is 0.833. The Morgan fingerprint density at radius 2 is 2.18 bits per heavy atom. The van der Waals surface area contributed by atoms with Crippen molar-refractivity contribution in [3.05, 3.63) is 35.2 Å². The number of pyridine rings is 1. The van der Waals surface area contributed by atoms with Crippen LogP contribution in [0.25, 0.3) is 11.5 Å². The van der Waals surface area contributed by atoms with Crippen LogP contribution in [0.5, 0.6) is 0 Å². The summed E-state index contributed by atoms with van der Waals surface area (Å²) in [4.78, 5) is 13.2. The molecule has 0 aliphatic carbocycles. The minimum absolute atomic E-state index is 0.596. The molecule has 17 heavy (non-hydrogen) atoms. The lowest BCUT2D eigenvalue weighted by Gasteiger charge is -2.05. The molecule has 1 aliphatic rings. The Labute approximate surface area is 104 Å². The number of aryl methyl sites for hydroxylation is 1. The van der Waals surface area contributed by atoms with Gasteiger partial charge >= 0.3 is 0 Å². The summed E-state index contributed by atoms with van der Waals surface area (Å²) >= 11 is 1.82. The molecule has 0 radical (unpaired) electrons. The van der Waals surface area contributed by atoms with Gasteiger partial charge in [0.15, 0.2) is 5.82 Å². The summed E-state index contributed by atoms with van der Waals surface area (Å²) in [6.07, 6.45) is 1.77. The molecule has 2 aromatic heterocycles. The molecule has 5 heteroatoms. The van der Waals surface area contributed by atoms with Crippen molar-refractivity contribution in [2.45, 2.75) is 18.4 Å². The summed E-state index contributed by atoms with van der Waals surface area (Å²) in [5.74, 6) is 3.06. The molecule has 3 rings (SSSR count). The van der Waals surface area contributed by atoms with Crippen molar-refractivity contribution in [3.8, 4) is 11.5 Å². The van der Waals surface area contributed by atoms with E-state index in [1.54, 1.807) is 6.20 Å². The average molecular weight is 244 g/mol. The molecule has 3 heterocycles. The van der Waals surface area contributed by atoms with Gasteiger partial charge < -0.3 is 5.73 Å². The standard InChI is InChI=1S/C12H12N4S/c1-7-2-3-14-9(4-7)12-15-10-6-17-5-8(10)11(13)16-12/h2-4H,5-6H2,1H3,(H2,13,15,16). The largest absolute Gasteiger partial charge is 0.383 e. The molecular formula is C12H12N4S. The zero-order valence-corrected chi connectivity index (χ0v) is 10.3. The lowest BCUT2D eigenvalue weighted by molar-refractivity contribution is 1.06. The van der Waals surface area contributed by atoms with Gasteiger partial charge in [-0.05, 0) is 24.6 Å². The third kappa shape index (κ3) is 1.86. The molecule has 0 bridgehead atoms. The molecular weight excluding hydrogens is 232 g/mol. The normalized spacial score (nSPS) is 13.7. The number of thioether (sulfide) groups is 1. The van der Waals surface area contributed by atoms with Crippen molar-refractivity contribution >= 4 is 17.6 Å². The molecule has 0 aromatic carbocycles. The van der Waals surface area contributed by atoms with Crippen LogP contribution in [-0.2, 0) is 11.5 Å². The Bertz CT molecular complexity index is 583. The van der Waals surface area contributed by atoms with Crippen LogP contribution in [0.2, 0.25) is 0 Å². The van der Waals surface area contributed by atoms with Gasteiger partial charge in [-0.15, -0.1) is 0 Å². The fraction of sp³-hybridized carbons (Fsp3) is 0.250. The molecule has 0 atom stereocenters. The van der Waals surface area contributed by atoms with Crippen LogP contribution in [0, 0.1) is 6.92 Å². The van der Waals surface area contributed by atoms with E-state index in [9.17, 15) is 0 Å². The van der Waals surface area contributed by atoms with Gasteiger partial charge in [0.2, 0.25) is 0 Å². The maximum absolute atomic E-state index is 5.96. The van der Waals surface area contributed by atoms with Gasteiger partial charge in [0.1, 0.15) is 11.5 Å². The van der Waals surface area contributed by atoms with Crippen LogP contribution in [0.1, 0.15) is 16.8 Å². The van der Waals surface area contributed by atoms with Crippen LogP contribution in [0.3, 0.4) is 0 Å². The van der Waals surface area contributed by atoms with E-state index in [1.165, 1.54) is 0 Å². The summed E-state index contributed by atoms with van der Waals surface area (Å²) in [7, 11) is 0. The molecule has 0 amide bonds. The Morgan fingerprint density at radius 3 is 3.00 bits per heavy atom. The zero-order chi connectivity index (χ0) is 11.8. The lowest BCUT2D eigenvalue weighted by atomic mass is 10.2. The maximum Gasteiger partial charge on any atom is 0.180 e. The van der Waals surface area contributed by atoms with E-state index in [-0.39, 0.29) is 0 Å². The van der Waals surface area contributed by atoms with E-state index >= 15 is 0 Å². The Kier molecular flexibility index (Phi) is 2.48. The van der Waals surface area contributed by atoms with Crippen LogP contribution < -0.4 is 5.73 Å². The Morgan fingerprint density at radius 1 is 1.29 bits per heavy atom. The molecule has 2 N–H and O–H groups in total. The Hall–Kier alpha value is -1.62. The second-order valence-corrected chi connectivity index (χ2v) is 5.05. The first-order valence-electron chi connectivity index (χ1n) is 5.40. The van der Waals surface area contributed by atoms with Crippen molar-refractivity contribution in [1.29, 1.82) is 0 Å². The van der Waals surface area contributed by atoms with Crippen molar-refractivity contribution < 1.29 is 0 Å². The summed E-state index contributed by atoms with van der Waals surface area (Å²) in [6.45, 7) is 2.03. The van der Waals surface area contributed by atoms with Gasteiger partial charge in [0.05, 0.1) is 5.69 Å². The van der Waals surface area contributed by atoms with E-state index in [0.717, 1.165) is 34.0 Å². The molecule has 4 nitrogen and oxygen atoms in total. The highest BCUT2D eigenvalue weighted by Gasteiger charge is 2.18. The molecule has 2 aromatic rings. The number of hydrogen-bond acceptors (Lipinski definition) is 5. The predicted molar refractivity (Wildman–Crippen MR) is 69.4 cm³/mol. The number of anilines is 1. The smallest absolute Gasteiger partial charge is 0.180 e. The summed E-state index contributed by atoms with van der Waals surface area (Å²) in [6, 6.07) is 3.93. The zero-order valence-electron chi connectivity index (χ0n) is 9.47. The molecule has 0 saturated heterocycles. The van der Waals surface area contributed by atoms with Gasteiger partial charge in [-0.2, -0.15) is 11.8 Å². The molecule has 0 spiro atoms. The minimum atomic E-state index is 0.596. The van der Waals surface area contributed by atoms with Crippen LogP contribution >= 0.6 is 11.8 Å². The number of nitrogens with zero attached hydrogens (tertiary/aromatic N) is 3. The monoisotopic (exact) mass is 244 g/mol. The van der Waals surface area contributed by atoms with Crippen molar-refractivity contribution in [2.24, 2.45) is 0 Å². The number of fused-ring (bicyclic) bond motifs is 1. The second kappa shape index (κ2) is 4.00. The minimum Gasteiger partial charge on any atom is -0.383 e. The highest BCUT2D eigenvalue weighted by molar-refractivity contribution is 7.98. The topological polar surface area (TPSA) is 64.7 Å². The summed E-state index contributed by atoms with van der Waals surface area (Å²) in [5.41, 5.74) is 10.0. The van der Waals surface area contributed by atoms with Gasteiger partial charge in [0, 0.05) is 23.3 Å². The predicted octanol–water partition coefficient (Wildman–Crippen LogP) is 2.18. The van der Waals surface area contributed by atoms with Crippen molar-refractivity contribution in [2.75, 3.05) is 5.73 Å². The fourth-order valence-corrected chi connectivity index (χ4v) is 2.90. The highest BCUT2D eigenvalue weighted by atomic mass is 32.2. The van der Waals surface area contributed by atoms with Gasteiger partial charge in [-0.1, -0.05) is 0 Å². The Balaban J connectivity index is 2.13. The number of nitrogens with two attached hydrogens (primary N) is 1. The van der Waals surface area contributed by atoms with Crippen molar-refractivity contribution in [1.82, 2.24) is 15.0 Å². The fourth-order valence-electron chi connectivity index (χ4n) is 1.85. The molecule has 0 saturated carbocycles. The second-order valence-electron chi connectivity index (χ2n) is 4.07. The molecule has 1 aliphatic heterocycles. The van der Waals surface area contributed by atoms with E-state index < -0.39 is 0 Å². The SMILES string of the molecule is Cc1ccnc(-c2nc(N)c3c(n2)CSC3)c1. The van der Waals surface area contributed by atoms with Gasteiger partial charge in [0.25, 0.3) is 0 Å². The molecule has 0 fully saturated rings. The number of rotatable bonds is 1. The average Bonchev–Trinajstić information content (AvgIpc) is 2.77. The van der Waals surface area contributed by atoms with E-state index in [2.05, 4.69) is 15.0 Å². The number of aromatic nitrogens is 3. The van der Waals surface area contributed by atoms with Crippen LogP contribution in [0.15, 0.2) is 18.3 Å². The van der Waals surface area contributed by atoms with Gasteiger partial charge in [-0.3, -0.25) is 4.98 Å². The lowest BCUT2D eigenvalue weighted by Crippen LogP contribution is -2.03.